The van der Waals surface area contributed by atoms with Gasteiger partial charge in [0.15, 0.2) is 0 Å². The van der Waals surface area contributed by atoms with Crippen molar-refractivity contribution in [3.63, 3.8) is 0 Å². The van der Waals surface area contributed by atoms with E-state index in [4.69, 9.17) is 10.8 Å². The van der Waals surface area contributed by atoms with Crippen molar-refractivity contribution in [3.05, 3.63) is 23.3 Å². The van der Waals surface area contributed by atoms with Crippen LogP contribution in [0.1, 0.15) is 29.3 Å². The second kappa shape index (κ2) is 4.00. The molecule has 76 valence electrons. The maximum Gasteiger partial charge on any atom is 0.335 e. The Morgan fingerprint density at radius 3 is 2.64 bits per heavy atom. The van der Waals surface area contributed by atoms with Crippen LogP contribution in [0.5, 0.6) is 5.75 Å². The molecule has 1 aromatic rings. The van der Waals surface area contributed by atoms with Gasteiger partial charge in [0.05, 0.1) is 11.3 Å². The predicted molar refractivity (Wildman–Crippen MR) is 53.5 cm³/mol. The topological polar surface area (TPSA) is 83.5 Å². The van der Waals surface area contributed by atoms with Gasteiger partial charge in [0.2, 0.25) is 0 Å². The molecular weight excluding hydrogens is 182 g/mol. The second-order valence-corrected chi connectivity index (χ2v) is 3.12. The summed E-state index contributed by atoms with van der Waals surface area (Å²) in [4.78, 5) is 10.7. The molecule has 4 nitrogen and oxygen atoms in total. The minimum atomic E-state index is -1.06. The standard InChI is InChI=1S/C10H13NO3/c1-2-3-6-4-7(10(13)14)5-8(12)9(6)11/h4-5,12H,2-3,11H2,1H3,(H,13,14). The van der Waals surface area contributed by atoms with Crippen LogP contribution >= 0.6 is 0 Å². The number of aromatic hydroxyl groups is 1. The van der Waals surface area contributed by atoms with Gasteiger partial charge in [-0.1, -0.05) is 13.3 Å². The van der Waals surface area contributed by atoms with Crippen molar-refractivity contribution in [2.45, 2.75) is 19.8 Å². The second-order valence-electron chi connectivity index (χ2n) is 3.12. The van der Waals surface area contributed by atoms with Gasteiger partial charge in [0, 0.05) is 0 Å². The zero-order chi connectivity index (χ0) is 10.7. The lowest BCUT2D eigenvalue weighted by atomic mass is 10.0. The summed E-state index contributed by atoms with van der Waals surface area (Å²) < 4.78 is 0. The highest BCUT2D eigenvalue weighted by Gasteiger charge is 2.10. The highest BCUT2D eigenvalue weighted by Crippen LogP contribution is 2.27. The summed E-state index contributed by atoms with van der Waals surface area (Å²) >= 11 is 0. The zero-order valence-electron chi connectivity index (χ0n) is 7.95. The number of benzene rings is 1. The van der Waals surface area contributed by atoms with Crippen LogP contribution in [0.3, 0.4) is 0 Å². The Labute approximate surface area is 82.0 Å². The molecule has 0 unspecified atom stereocenters. The van der Waals surface area contributed by atoms with Crippen LogP contribution in [-0.4, -0.2) is 16.2 Å². The summed E-state index contributed by atoms with van der Waals surface area (Å²) in [6.45, 7) is 1.96. The normalized spacial score (nSPS) is 10.1. The van der Waals surface area contributed by atoms with E-state index >= 15 is 0 Å². The Bertz CT molecular complexity index is 361. The van der Waals surface area contributed by atoms with E-state index in [2.05, 4.69) is 0 Å². The van der Waals surface area contributed by atoms with Gasteiger partial charge in [-0.3, -0.25) is 0 Å². The Hall–Kier alpha value is -1.71. The summed E-state index contributed by atoms with van der Waals surface area (Å²) in [6.07, 6.45) is 1.52. The van der Waals surface area contributed by atoms with E-state index < -0.39 is 5.97 Å². The van der Waals surface area contributed by atoms with Gasteiger partial charge in [-0.2, -0.15) is 0 Å². The van der Waals surface area contributed by atoms with Gasteiger partial charge in [-0.15, -0.1) is 0 Å². The monoisotopic (exact) mass is 195 g/mol. The number of aromatic carboxylic acids is 1. The highest BCUT2D eigenvalue weighted by atomic mass is 16.4. The molecule has 0 aromatic heterocycles. The minimum Gasteiger partial charge on any atom is -0.506 e. The zero-order valence-corrected chi connectivity index (χ0v) is 7.95. The van der Waals surface area contributed by atoms with Crippen LogP contribution in [0.2, 0.25) is 0 Å². The Kier molecular flexibility index (Phi) is 2.96. The minimum absolute atomic E-state index is 0.0696. The van der Waals surface area contributed by atoms with E-state index in [-0.39, 0.29) is 17.0 Å². The van der Waals surface area contributed by atoms with Gasteiger partial charge in [-0.05, 0) is 24.1 Å². The molecule has 0 heterocycles. The lowest BCUT2D eigenvalue weighted by Crippen LogP contribution is -2.01. The summed E-state index contributed by atoms with van der Waals surface area (Å²) in [5.41, 5.74) is 6.62. The van der Waals surface area contributed by atoms with Crippen molar-refractivity contribution in [1.82, 2.24) is 0 Å². The van der Waals surface area contributed by atoms with Gasteiger partial charge in [0.25, 0.3) is 0 Å². The van der Waals surface area contributed by atoms with Crippen molar-refractivity contribution >= 4 is 11.7 Å². The van der Waals surface area contributed by atoms with Gasteiger partial charge in [-0.25, -0.2) is 4.79 Å². The van der Waals surface area contributed by atoms with E-state index in [1.807, 2.05) is 6.92 Å². The van der Waals surface area contributed by atoms with E-state index in [0.29, 0.717) is 12.0 Å². The number of anilines is 1. The Balaban J connectivity index is 3.20. The number of rotatable bonds is 3. The average Bonchev–Trinajstić information content (AvgIpc) is 2.12. The molecule has 0 aliphatic rings. The van der Waals surface area contributed by atoms with Crippen LogP contribution in [-0.2, 0) is 6.42 Å². The molecule has 0 atom stereocenters. The Morgan fingerprint density at radius 2 is 2.14 bits per heavy atom. The molecule has 4 N–H and O–H groups in total. The molecule has 0 spiro atoms. The number of hydrogen-bond acceptors (Lipinski definition) is 3. The van der Waals surface area contributed by atoms with Gasteiger partial charge in [0.1, 0.15) is 5.75 Å². The van der Waals surface area contributed by atoms with Crippen LogP contribution in [0, 0.1) is 0 Å². The molecule has 1 rings (SSSR count). The number of carboxylic acids is 1. The molecule has 14 heavy (non-hydrogen) atoms. The van der Waals surface area contributed by atoms with Crippen molar-refractivity contribution in [2.24, 2.45) is 0 Å². The summed E-state index contributed by atoms with van der Waals surface area (Å²) in [7, 11) is 0. The number of carboxylic acid groups (broad SMARTS) is 1. The lowest BCUT2D eigenvalue weighted by molar-refractivity contribution is 0.0696. The molecule has 0 saturated heterocycles. The number of phenolic OH excluding ortho intramolecular Hbond substituents is 1. The summed E-state index contributed by atoms with van der Waals surface area (Å²) in [5, 5.41) is 18.1. The molecule has 0 radical (unpaired) electrons. The quantitative estimate of drug-likeness (QED) is 0.505. The molecule has 0 amide bonds. The maximum atomic E-state index is 10.7. The van der Waals surface area contributed by atoms with Crippen molar-refractivity contribution < 1.29 is 15.0 Å². The largest absolute Gasteiger partial charge is 0.506 e. The summed E-state index contributed by atoms with van der Waals surface area (Å²) in [6, 6.07) is 2.66. The lowest BCUT2D eigenvalue weighted by Gasteiger charge is -2.07. The van der Waals surface area contributed by atoms with Gasteiger partial charge >= 0.3 is 5.97 Å². The first-order valence-electron chi connectivity index (χ1n) is 4.41. The smallest absolute Gasteiger partial charge is 0.335 e. The van der Waals surface area contributed by atoms with Gasteiger partial charge < -0.3 is 15.9 Å². The van der Waals surface area contributed by atoms with E-state index in [0.717, 1.165) is 12.5 Å². The molecule has 0 fully saturated rings. The van der Waals surface area contributed by atoms with Crippen molar-refractivity contribution in [1.29, 1.82) is 0 Å². The van der Waals surface area contributed by atoms with Crippen molar-refractivity contribution in [3.8, 4) is 5.75 Å². The number of hydrogen-bond donors (Lipinski definition) is 3. The molecule has 1 aromatic carbocycles. The Morgan fingerprint density at radius 1 is 1.50 bits per heavy atom. The molecular formula is C10H13NO3. The van der Waals surface area contributed by atoms with Crippen LogP contribution < -0.4 is 5.73 Å². The average molecular weight is 195 g/mol. The van der Waals surface area contributed by atoms with Crippen molar-refractivity contribution in [2.75, 3.05) is 5.73 Å². The fourth-order valence-electron chi connectivity index (χ4n) is 1.30. The fraction of sp³-hybridized carbons (Fsp3) is 0.300. The first kappa shape index (κ1) is 10.4. The molecule has 0 aliphatic carbocycles. The first-order valence-corrected chi connectivity index (χ1v) is 4.41. The number of phenols is 1. The number of nitrogen functional groups attached to an aromatic ring is 1. The summed E-state index contributed by atoms with van der Waals surface area (Å²) in [5.74, 6) is -1.22. The SMILES string of the molecule is CCCc1cc(C(=O)O)cc(O)c1N. The fourth-order valence-corrected chi connectivity index (χ4v) is 1.30. The third-order valence-corrected chi connectivity index (χ3v) is 2.01. The van der Waals surface area contributed by atoms with Crippen LogP contribution in [0.4, 0.5) is 5.69 Å². The highest BCUT2D eigenvalue weighted by molar-refractivity contribution is 5.89. The van der Waals surface area contributed by atoms with E-state index in [1.54, 1.807) is 0 Å². The predicted octanol–water partition coefficient (Wildman–Crippen LogP) is 1.63. The molecule has 4 heteroatoms. The number of carbonyl (C=O) groups is 1. The molecule has 0 saturated carbocycles. The third-order valence-electron chi connectivity index (χ3n) is 2.01. The van der Waals surface area contributed by atoms with Crippen LogP contribution in [0.25, 0.3) is 0 Å². The molecule has 0 bridgehead atoms. The first-order chi connectivity index (χ1) is 6.56. The van der Waals surface area contributed by atoms with Crippen LogP contribution in [0.15, 0.2) is 12.1 Å². The number of aryl methyl sites for hydroxylation is 1. The molecule has 0 aliphatic heterocycles. The van der Waals surface area contributed by atoms with E-state index in [1.165, 1.54) is 6.07 Å². The van der Waals surface area contributed by atoms with E-state index in [9.17, 15) is 9.90 Å². The maximum absolute atomic E-state index is 10.7. The third kappa shape index (κ3) is 1.96. The number of nitrogens with two attached hydrogens (primary N) is 1.